The molecule has 5 rings (SSSR count). The van der Waals surface area contributed by atoms with E-state index in [1.807, 2.05) is 117 Å². The molecule has 0 fully saturated rings. The highest BCUT2D eigenvalue weighted by Gasteiger charge is 2.25. The van der Waals surface area contributed by atoms with Crippen molar-refractivity contribution in [3.8, 4) is 16.9 Å². The normalized spacial score (nSPS) is 12.3. The zero-order valence-corrected chi connectivity index (χ0v) is 35.7. The maximum Gasteiger partial charge on any atom is 0.329 e. The molecule has 7 nitrogen and oxygen atoms in total. The van der Waals surface area contributed by atoms with Gasteiger partial charge >= 0.3 is 5.97 Å². The molecule has 0 aliphatic heterocycles. The van der Waals surface area contributed by atoms with Crippen molar-refractivity contribution in [2.75, 3.05) is 13.6 Å². The first-order valence-corrected chi connectivity index (χ1v) is 21.0. The summed E-state index contributed by atoms with van der Waals surface area (Å²) in [5, 5.41) is 13.5. The van der Waals surface area contributed by atoms with Crippen LogP contribution in [0, 0.1) is 5.82 Å². The van der Waals surface area contributed by atoms with Gasteiger partial charge in [-0.25, -0.2) is 9.18 Å². The van der Waals surface area contributed by atoms with E-state index in [9.17, 15) is 4.79 Å². The van der Waals surface area contributed by atoms with Crippen molar-refractivity contribution in [1.29, 1.82) is 0 Å². The molecule has 4 N–H and O–H groups in total. The van der Waals surface area contributed by atoms with Crippen molar-refractivity contribution >= 4 is 5.97 Å². The molecule has 0 heterocycles. The molecule has 318 valence electrons. The van der Waals surface area contributed by atoms with Crippen LogP contribution in [0.15, 0.2) is 177 Å². The highest BCUT2D eigenvalue weighted by Crippen LogP contribution is 2.31. The van der Waals surface area contributed by atoms with Crippen LogP contribution in [0.5, 0.6) is 5.75 Å². The Labute approximate surface area is 362 Å². The number of nitrogens with one attached hydrogen (secondary N) is 4. The standard InChI is InChI=1S/C53H61FN4O3/c1-7-48(57-39(4)25-26-41-18-11-8-12-19-41)34-47-33-45(28-30-52(47)60-36-42-20-13-9-14-21-42)44-27-29-49(54)46(32-44)35-51(53(59)61-37-43-22-15-10-16-23-43)58-40(5)50(55-6)24-17-31-56-38(2)3/h7-16,18-23,27-30,32-33,48,50-51,55-58H,1-2,4-5,17,24-26,31,34-37H2,3,6H3/t48?,50-,51?/m0/s1. The van der Waals surface area contributed by atoms with Crippen molar-refractivity contribution in [3.05, 3.63) is 211 Å². The highest BCUT2D eigenvalue weighted by molar-refractivity contribution is 5.77. The smallest absolute Gasteiger partial charge is 0.329 e. The van der Waals surface area contributed by atoms with Gasteiger partial charge in [0.2, 0.25) is 0 Å². The molecular formula is C53H61FN4O3. The minimum absolute atomic E-state index is 0.0403. The summed E-state index contributed by atoms with van der Waals surface area (Å²) in [5.74, 6) is -0.165. The Morgan fingerprint density at radius 3 is 1.97 bits per heavy atom. The molecule has 5 aromatic rings. The van der Waals surface area contributed by atoms with E-state index in [0.717, 1.165) is 77.2 Å². The minimum Gasteiger partial charge on any atom is -0.489 e. The van der Waals surface area contributed by atoms with Gasteiger partial charge in [-0.1, -0.05) is 129 Å². The van der Waals surface area contributed by atoms with E-state index in [1.165, 1.54) is 11.6 Å². The van der Waals surface area contributed by atoms with E-state index in [2.05, 4.69) is 65.8 Å². The number of halogens is 1. The molecule has 8 heteroatoms. The minimum atomic E-state index is -0.899. The summed E-state index contributed by atoms with van der Waals surface area (Å²) in [4.78, 5) is 13.8. The van der Waals surface area contributed by atoms with Crippen LogP contribution in [0.1, 0.15) is 54.0 Å². The van der Waals surface area contributed by atoms with E-state index in [0.29, 0.717) is 24.3 Å². The quantitative estimate of drug-likeness (QED) is 0.0251. The lowest BCUT2D eigenvalue weighted by atomic mass is 9.95. The molecular weight excluding hydrogens is 760 g/mol. The van der Waals surface area contributed by atoms with E-state index in [-0.39, 0.29) is 25.1 Å². The van der Waals surface area contributed by atoms with Gasteiger partial charge in [-0.05, 0) is 109 Å². The summed E-state index contributed by atoms with van der Waals surface area (Å²) < 4.78 is 28.1. The van der Waals surface area contributed by atoms with E-state index in [4.69, 9.17) is 9.47 Å². The molecule has 0 radical (unpaired) electrons. The summed E-state index contributed by atoms with van der Waals surface area (Å²) in [6.45, 7) is 19.8. The zero-order chi connectivity index (χ0) is 43.4. The van der Waals surface area contributed by atoms with Crippen molar-refractivity contribution in [3.63, 3.8) is 0 Å². The topological polar surface area (TPSA) is 83.7 Å². The second kappa shape index (κ2) is 24.0. The van der Waals surface area contributed by atoms with Crippen LogP contribution < -0.4 is 26.0 Å². The van der Waals surface area contributed by atoms with Crippen LogP contribution in [0.3, 0.4) is 0 Å². The fourth-order valence-corrected chi connectivity index (χ4v) is 7.08. The van der Waals surface area contributed by atoms with Crippen LogP contribution >= 0.6 is 0 Å². The lowest BCUT2D eigenvalue weighted by molar-refractivity contribution is -0.147. The monoisotopic (exact) mass is 820 g/mol. The van der Waals surface area contributed by atoms with E-state index in [1.54, 1.807) is 6.07 Å². The highest BCUT2D eigenvalue weighted by atomic mass is 19.1. The molecule has 5 aromatic carbocycles. The SMILES string of the molecule is C=CC(Cc1cc(-c2ccc(F)c(CC(NC(=C)[C@H](CCCNC(=C)C)NC)C(=O)OCc3ccccc3)c2)ccc1OCc1ccccc1)NC(=C)CCc1ccccc1. The molecule has 0 spiro atoms. The van der Waals surface area contributed by atoms with Gasteiger partial charge in [-0.15, -0.1) is 6.58 Å². The number of hydrogen-bond acceptors (Lipinski definition) is 7. The van der Waals surface area contributed by atoms with Gasteiger partial charge in [-0.3, -0.25) is 0 Å². The summed E-state index contributed by atoms with van der Waals surface area (Å²) >= 11 is 0. The number of ether oxygens (including phenoxy) is 2. The van der Waals surface area contributed by atoms with Gasteiger partial charge in [0.25, 0.3) is 0 Å². The average molecular weight is 821 g/mol. The first kappa shape index (κ1) is 45.7. The third-order valence-electron chi connectivity index (χ3n) is 10.5. The third-order valence-corrected chi connectivity index (χ3v) is 10.5. The van der Waals surface area contributed by atoms with Gasteiger partial charge in [0.15, 0.2) is 0 Å². The number of carbonyl (C=O) groups excluding carboxylic acids is 1. The Balaban J connectivity index is 1.38. The lowest BCUT2D eigenvalue weighted by Gasteiger charge is -2.26. The Hall–Kier alpha value is -6.38. The van der Waals surface area contributed by atoms with Crippen LogP contribution in [-0.2, 0) is 42.0 Å². The molecule has 0 aliphatic carbocycles. The summed E-state index contributed by atoms with van der Waals surface area (Å²) in [6.07, 6.45) is 5.79. The van der Waals surface area contributed by atoms with Crippen LogP contribution in [0.2, 0.25) is 0 Å². The molecule has 61 heavy (non-hydrogen) atoms. The molecule has 0 saturated heterocycles. The summed E-state index contributed by atoms with van der Waals surface area (Å²) in [6, 6.07) is 39.8. The van der Waals surface area contributed by atoms with Crippen molar-refractivity contribution in [1.82, 2.24) is 21.3 Å². The van der Waals surface area contributed by atoms with Crippen LogP contribution in [0.4, 0.5) is 4.39 Å². The zero-order valence-electron chi connectivity index (χ0n) is 35.7. The Morgan fingerprint density at radius 2 is 1.34 bits per heavy atom. The molecule has 0 amide bonds. The number of aryl methyl sites for hydroxylation is 1. The van der Waals surface area contributed by atoms with Crippen molar-refractivity contribution < 1.29 is 18.7 Å². The number of esters is 1. The van der Waals surface area contributed by atoms with Gasteiger partial charge < -0.3 is 30.7 Å². The number of likely N-dealkylation sites (N-methyl/N-ethyl adjacent to an activating group) is 1. The predicted octanol–water partition coefficient (Wildman–Crippen LogP) is 10.2. The number of hydrogen-bond donors (Lipinski definition) is 4. The fraction of sp³-hybridized carbons (Fsp3) is 0.264. The number of allylic oxidation sites excluding steroid dienone is 2. The predicted molar refractivity (Wildman–Crippen MR) is 248 cm³/mol. The maximum atomic E-state index is 15.8. The van der Waals surface area contributed by atoms with Crippen molar-refractivity contribution in [2.45, 2.75) is 76.8 Å². The van der Waals surface area contributed by atoms with E-state index < -0.39 is 17.8 Å². The Kier molecular flexibility index (Phi) is 18.0. The lowest BCUT2D eigenvalue weighted by Crippen LogP contribution is -2.44. The Morgan fingerprint density at radius 1 is 0.738 bits per heavy atom. The van der Waals surface area contributed by atoms with Crippen molar-refractivity contribution in [2.24, 2.45) is 0 Å². The second-order valence-electron chi connectivity index (χ2n) is 15.4. The summed E-state index contributed by atoms with van der Waals surface area (Å²) in [5.41, 5.74) is 8.64. The summed E-state index contributed by atoms with van der Waals surface area (Å²) in [7, 11) is 1.86. The van der Waals surface area contributed by atoms with Gasteiger partial charge in [-0.2, -0.15) is 0 Å². The van der Waals surface area contributed by atoms with E-state index >= 15 is 4.39 Å². The molecule has 2 unspecified atom stereocenters. The fourth-order valence-electron chi connectivity index (χ4n) is 7.08. The first-order chi connectivity index (χ1) is 29.6. The second-order valence-corrected chi connectivity index (χ2v) is 15.4. The molecule has 0 saturated carbocycles. The number of benzene rings is 5. The molecule has 3 atom stereocenters. The van der Waals surface area contributed by atoms with Gasteiger partial charge in [0.1, 0.15) is 30.8 Å². The number of rotatable bonds is 26. The average Bonchev–Trinajstić information content (AvgIpc) is 3.28. The maximum absolute atomic E-state index is 15.8. The molecule has 0 bridgehead atoms. The largest absolute Gasteiger partial charge is 0.489 e. The molecule has 0 aromatic heterocycles. The van der Waals surface area contributed by atoms with Crippen LogP contribution in [0.25, 0.3) is 11.1 Å². The van der Waals surface area contributed by atoms with Gasteiger partial charge in [0.05, 0.1) is 0 Å². The third kappa shape index (κ3) is 15.0. The Bertz CT molecular complexity index is 2190. The molecule has 0 aliphatic rings. The number of carbonyl (C=O) groups is 1. The first-order valence-electron chi connectivity index (χ1n) is 21.0. The van der Waals surface area contributed by atoms with Crippen LogP contribution in [-0.4, -0.2) is 37.7 Å². The van der Waals surface area contributed by atoms with Gasteiger partial charge in [0, 0.05) is 42.1 Å².